The van der Waals surface area contributed by atoms with Crippen molar-refractivity contribution < 1.29 is 14.7 Å². The minimum atomic E-state index is -0.827. The smallest absolute Gasteiger partial charge is 0.308 e. The summed E-state index contributed by atoms with van der Waals surface area (Å²) in [4.78, 5) is 23.3. The number of rotatable bonds is 2. The van der Waals surface area contributed by atoms with Crippen molar-refractivity contribution in [2.45, 2.75) is 12.8 Å². The van der Waals surface area contributed by atoms with E-state index in [4.69, 9.17) is 16.7 Å². The number of hydrogen-bond donors (Lipinski definition) is 1. The van der Waals surface area contributed by atoms with E-state index in [1.165, 1.54) is 4.90 Å². The Morgan fingerprint density at radius 2 is 2.23 bits per heavy atom. The molecule has 1 atom stereocenters. The standard InChI is InChI=1S/C8H12ClNO3/c9-4-7(11)10-3-1-2-6(5-10)8(12)13/h6H,1-5H2,(H,12,13)/t6-/m1/s1. The number of likely N-dealkylation sites (tertiary alicyclic amines) is 1. The van der Waals surface area contributed by atoms with Crippen LogP contribution in [0.1, 0.15) is 12.8 Å². The first-order valence-electron chi connectivity index (χ1n) is 4.21. The van der Waals surface area contributed by atoms with E-state index in [1.807, 2.05) is 0 Å². The molecule has 0 radical (unpaired) electrons. The molecule has 1 rings (SSSR count). The SMILES string of the molecule is O=C(O)[C@@H]1CCCN(C(=O)CCl)C1. The van der Waals surface area contributed by atoms with Crippen molar-refractivity contribution in [1.82, 2.24) is 4.90 Å². The number of nitrogens with zero attached hydrogens (tertiary/aromatic N) is 1. The Morgan fingerprint density at radius 3 is 2.77 bits per heavy atom. The van der Waals surface area contributed by atoms with Gasteiger partial charge in [-0.25, -0.2) is 0 Å². The van der Waals surface area contributed by atoms with Gasteiger partial charge < -0.3 is 10.0 Å². The van der Waals surface area contributed by atoms with Crippen molar-refractivity contribution in [3.8, 4) is 0 Å². The highest BCUT2D eigenvalue weighted by molar-refractivity contribution is 6.27. The molecule has 1 saturated heterocycles. The van der Waals surface area contributed by atoms with Crippen molar-refractivity contribution in [3.05, 3.63) is 0 Å². The van der Waals surface area contributed by atoms with Gasteiger partial charge in [-0.1, -0.05) is 0 Å². The van der Waals surface area contributed by atoms with Crippen LogP contribution in [0.15, 0.2) is 0 Å². The number of alkyl halides is 1. The highest BCUT2D eigenvalue weighted by Gasteiger charge is 2.27. The minimum absolute atomic E-state index is 0.0632. The zero-order chi connectivity index (χ0) is 9.84. The molecule has 1 heterocycles. The predicted molar refractivity (Wildman–Crippen MR) is 47.7 cm³/mol. The summed E-state index contributed by atoms with van der Waals surface area (Å²) < 4.78 is 0. The third kappa shape index (κ3) is 2.59. The lowest BCUT2D eigenvalue weighted by molar-refractivity contribution is -0.145. The minimum Gasteiger partial charge on any atom is -0.481 e. The Kier molecular flexibility index (Phi) is 3.54. The van der Waals surface area contributed by atoms with E-state index in [0.717, 1.165) is 6.42 Å². The van der Waals surface area contributed by atoms with Crippen LogP contribution in [0.4, 0.5) is 0 Å². The van der Waals surface area contributed by atoms with Gasteiger partial charge in [0.05, 0.1) is 5.92 Å². The number of carbonyl (C=O) groups excluding carboxylic acids is 1. The number of carboxylic acids is 1. The van der Waals surface area contributed by atoms with Gasteiger partial charge >= 0.3 is 5.97 Å². The first-order chi connectivity index (χ1) is 6.15. The maximum atomic E-state index is 11.1. The molecule has 1 fully saturated rings. The fraction of sp³-hybridized carbons (Fsp3) is 0.750. The molecule has 5 heteroatoms. The van der Waals surface area contributed by atoms with E-state index >= 15 is 0 Å². The largest absolute Gasteiger partial charge is 0.481 e. The van der Waals surface area contributed by atoms with Gasteiger partial charge in [0.1, 0.15) is 5.88 Å². The Morgan fingerprint density at radius 1 is 1.54 bits per heavy atom. The summed E-state index contributed by atoms with van der Waals surface area (Å²) >= 11 is 5.37. The zero-order valence-corrected chi connectivity index (χ0v) is 7.96. The summed E-state index contributed by atoms with van der Waals surface area (Å²) in [7, 11) is 0. The van der Waals surface area contributed by atoms with Crippen LogP contribution in [0.25, 0.3) is 0 Å². The van der Waals surface area contributed by atoms with Gasteiger partial charge in [-0.3, -0.25) is 9.59 Å². The van der Waals surface area contributed by atoms with Crippen LogP contribution in [-0.2, 0) is 9.59 Å². The Balaban J connectivity index is 2.51. The van der Waals surface area contributed by atoms with Crippen LogP contribution in [0.2, 0.25) is 0 Å². The van der Waals surface area contributed by atoms with Gasteiger partial charge in [0.15, 0.2) is 0 Å². The van der Waals surface area contributed by atoms with Crippen LogP contribution >= 0.6 is 11.6 Å². The number of halogens is 1. The van der Waals surface area contributed by atoms with E-state index in [1.54, 1.807) is 0 Å². The topological polar surface area (TPSA) is 57.6 Å². The first kappa shape index (κ1) is 10.3. The fourth-order valence-corrected chi connectivity index (χ4v) is 1.66. The Bertz CT molecular complexity index is 219. The monoisotopic (exact) mass is 205 g/mol. The summed E-state index contributed by atoms with van der Waals surface area (Å²) in [6, 6.07) is 0. The van der Waals surface area contributed by atoms with Gasteiger partial charge in [-0.05, 0) is 12.8 Å². The molecule has 0 spiro atoms. The van der Waals surface area contributed by atoms with Crippen LogP contribution in [0.3, 0.4) is 0 Å². The molecule has 1 amide bonds. The molecule has 0 bridgehead atoms. The molecule has 1 aliphatic rings. The molecular weight excluding hydrogens is 194 g/mol. The summed E-state index contributed by atoms with van der Waals surface area (Å²) in [5.41, 5.74) is 0. The fourth-order valence-electron chi connectivity index (χ4n) is 1.49. The lowest BCUT2D eigenvalue weighted by atomic mass is 9.98. The molecule has 0 unspecified atom stereocenters. The van der Waals surface area contributed by atoms with E-state index < -0.39 is 11.9 Å². The van der Waals surface area contributed by atoms with E-state index in [2.05, 4.69) is 0 Å². The molecule has 74 valence electrons. The van der Waals surface area contributed by atoms with E-state index in [9.17, 15) is 9.59 Å². The van der Waals surface area contributed by atoms with Gasteiger partial charge in [0.2, 0.25) is 5.91 Å². The average molecular weight is 206 g/mol. The second-order valence-corrected chi connectivity index (χ2v) is 3.42. The van der Waals surface area contributed by atoms with Crippen LogP contribution in [0, 0.1) is 5.92 Å². The number of carboxylic acid groups (broad SMARTS) is 1. The highest BCUT2D eigenvalue weighted by atomic mass is 35.5. The quantitative estimate of drug-likeness (QED) is 0.670. The highest BCUT2D eigenvalue weighted by Crippen LogP contribution is 2.16. The molecule has 0 aliphatic carbocycles. The van der Waals surface area contributed by atoms with Gasteiger partial charge in [-0.15, -0.1) is 11.6 Å². The number of piperidine rings is 1. The first-order valence-corrected chi connectivity index (χ1v) is 4.75. The Hall–Kier alpha value is -0.770. The molecule has 0 aromatic carbocycles. The second-order valence-electron chi connectivity index (χ2n) is 3.15. The molecule has 1 N–H and O–H groups in total. The molecular formula is C8H12ClNO3. The second kappa shape index (κ2) is 4.46. The third-order valence-corrected chi connectivity index (χ3v) is 2.47. The van der Waals surface area contributed by atoms with E-state index in [-0.39, 0.29) is 11.8 Å². The summed E-state index contributed by atoms with van der Waals surface area (Å²) in [6.07, 6.45) is 1.40. The molecule has 0 saturated carbocycles. The van der Waals surface area contributed by atoms with Crippen molar-refractivity contribution in [3.63, 3.8) is 0 Å². The lowest BCUT2D eigenvalue weighted by Crippen LogP contribution is -2.42. The summed E-state index contributed by atoms with van der Waals surface area (Å²) in [5.74, 6) is -1.48. The maximum Gasteiger partial charge on any atom is 0.308 e. The molecule has 13 heavy (non-hydrogen) atoms. The Labute approximate surface area is 81.5 Å². The van der Waals surface area contributed by atoms with Crippen LogP contribution in [0.5, 0.6) is 0 Å². The number of hydrogen-bond acceptors (Lipinski definition) is 2. The number of carbonyl (C=O) groups is 2. The van der Waals surface area contributed by atoms with Gasteiger partial charge in [-0.2, -0.15) is 0 Å². The lowest BCUT2D eigenvalue weighted by Gasteiger charge is -2.30. The molecule has 1 aliphatic heterocycles. The molecule has 4 nitrogen and oxygen atoms in total. The van der Waals surface area contributed by atoms with Crippen molar-refractivity contribution in [1.29, 1.82) is 0 Å². The van der Waals surface area contributed by atoms with Gasteiger partial charge in [0.25, 0.3) is 0 Å². The van der Waals surface area contributed by atoms with Crippen molar-refractivity contribution in [2.24, 2.45) is 5.92 Å². The van der Waals surface area contributed by atoms with Crippen LogP contribution in [-0.4, -0.2) is 40.9 Å². The third-order valence-electron chi connectivity index (χ3n) is 2.24. The van der Waals surface area contributed by atoms with Gasteiger partial charge in [0, 0.05) is 13.1 Å². The number of amides is 1. The maximum absolute atomic E-state index is 11.1. The normalized spacial score (nSPS) is 22.8. The predicted octanol–water partition coefficient (Wildman–Crippen LogP) is 0.548. The summed E-state index contributed by atoms with van der Waals surface area (Å²) in [6.45, 7) is 0.941. The van der Waals surface area contributed by atoms with Crippen molar-refractivity contribution in [2.75, 3.05) is 19.0 Å². The number of aliphatic carboxylic acids is 1. The zero-order valence-electron chi connectivity index (χ0n) is 7.20. The van der Waals surface area contributed by atoms with Crippen molar-refractivity contribution >= 4 is 23.5 Å². The summed E-state index contributed by atoms with van der Waals surface area (Å²) in [5, 5.41) is 8.74. The average Bonchev–Trinajstić information content (AvgIpc) is 2.17. The molecule has 0 aromatic rings. The van der Waals surface area contributed by atoms with Crippen LogP contribution < -0.4 is 0 Å². The van der Waals surface area contributed by atoms with E-state index in [0.29, 0.717) is 19.5 Å². The molecule has 0 aromatic heterocycles.